The molecule has 1 aliphatic heterocycles. The quantitative estimate of drug-likeness (QED) is 0.806. The molecule has 1 aromatic carbocycles. The third kappa shape index (κ3) is 4.11. The van der Waals surface area contributed by atoms with Crippen LogP contribution in [0, 0.1) is 0 Å². The van der Waals surface area contributed by atoms with E-state index >= 15 is 0 Å². The fourth-order valence-electron chi connectivity index (χ4n) is 2.65. The lowest BCUT2D eigenvalue weighted by atomic mass is 10.1. The molecule has 1 heterocycles. The highest BCUT2D eigenvalue weighted by Gasteiger charge is 2.16. The maximum Gasteiger partial charge on any atom is 0.0207 e. The Kier molecular flexibility index (Phi) is 5.21. The summed E-state index contributed by atoms with van der Waals surface area (Å²) in [5, 5.41) is 7.18. The number of hydrogen-bond donors (Lipinski definition) is 2. The van der Waals surface area contributed by atoms with Crippen LogP contribution in [0.25, 0.3) is 0 Å². The van der Waals surface area contributed by atoms with Crippen molar-refractivity contribution in [2.24, 2.45) is 0 Å². The van der Waals surface area contributed by atoms with Crippen LogP contribution in [0.1, 0.15) is 44.2 Å². The Morgan fingerprint density at radius 3 is 2.61 bits per heavy atom. The molecule has 2 rings (SSSR count). The van der Waals surface area contributed by atoms with E-state index in [4.69, 9.17) is 0 Å². The van der Waals surface area contributed by atoms with Crippen molar-refractivity contribution in [1.82, 2.24) is 10.6 Å². The first-order valence-electron chi connectivity index (χ1n) is 7.32. The van der Waals surface area contributed by atoms with E-state index in [0.29, 0.717) is 6.04 Å². The summed E-state index contributed by atoms with van der Waals surface area (Å²) in [7, 11) is 0. The molecule has 100 valence electrons. The van der Waals surface area contributed by atoms with Crippen LogP contribution in [0.3, 0.4) is 0 Å². The Morgan fingerprint density at radius 2 is 2.00 bits per heavy atom. The van der Waals surface area contributed by atoms with Gasteiger partial charge in [-0.25, -0.2) is 0 Å². The molecule has 2 N–H and O–H groups in total. The molecule has 2 unspecified atom stereocenters. The fourth-order valence-corrected chi connectivity index (χ4v) is 2.65. The Balaban J connectivity index is 1.72. The molecule has 1 aliphatic rings. The average molecular weight is 246 g/mol. The molecule has 0 spiro atoms. The second-order valence-corrected chi connectivity index (χ2v) is 5.48. The molecular weight excluding hydrogens is 220 g/mol. The molecule has 0 aliphatic carbocycles. The van der Waals surface area contributed by atoms with E-state index in [-0.39, 0.29) is 0 Å². The van der Waals surface area contributed by atoms with Gasteiger partial charge < -0.3 is 10.6 Å². The van der Waals surface area contributed by atoms with E-state index in [0.717, 1.165) is 19.0 Å². The molecule has 1 fully saturated rings. The molecule has 2 nitrogen and oxygen atoms in total. The summed E-state index contributed by atoms with van der Waals surface area (Å²) in [4.78, 5) is 0. The van der Waals surface area contributed by atoms with E-state index < -0.39 is 0 Å². The van der Waals surface area contributed by atoms with Crippen LogP contribution in [0.2, 0.25) is 0 Å². The number of rotatable bonds is 6. The SMILES string of the molecule is CCc1ccc(CNC(C)CC2CCCN2)cc1. The van der Waals surface area contributed by atoms with Crippen LogP contribution in [0.4, 0.5) is 0 Å². The first-order chi connectivity index (χ1) is 8.78. The van der Waals surface area contributed by atoms with Crippen LogP contribution in [0.5, 0.6) is 0 Å². The summed E-state index contributed by atoms with van der Waals surface area (Å²) in [6.07, 6.45) is 5.05. The highest BCUT2D eigenvalue weighted by Crippen LogP contribution is 2.11. The lowest BCUT2D eigenvalue weighted by molar-refractivity contribution is 0.440. The molecule has 18 heavy (non-hydrogen) atoms. The van der Waals surface area contributed by atoms with Crippen molar-refractivity contribution in [2.45, 2.75) is 58.2 Å². The lowest BCUT2D eigenvalue weighted by Crippen LogP contribution is -2.33. The minimum absolute atomic E-state index is 0.589. The van der Waals surface area contributed by atoms with E-state index in [1.807, 2.05) is 0 Å². The molecule has 0 saturated carbocycles. The number of aryl methyl sites for hydroxylation is 1. The third-order valence-electron chi connectivity index (χ3n) is 3.89. The molecule has 0 amide bonds. The van der Waals surface area contributed by atoms with Gasteiger partial charge in [0.1, 0.15) is 0 Å². The summed E-state index contributed by atoms with van der Waals surface area (Å²) in [5.74, 6) is 0. The largest absolute Gasteiger partial charge is 0.314 e. The van der Waals surface area contributed by atoms with E-state index in [9.17, 15) is 0 Å². The highest BCUT2D eigenvalue weighted by atomic mass is 15.0. The predicted octanol–water partition coefficient (Wildman–Crippen LogP) is 2.87. The number of benzene rings is 1. The van der Waals surface area contributed by atoms with Crippen molar-refractivity contribution >= 4 is 0 Å². The van der Waals surface area contributed by atoms with Gasteiger partial charge in [-0.1, -0.05) is 31.2 Å². The van der Waals surface area contributed by atoms with Crippen molar-refractivity contribution in [3.05, 3.63) is 35.4 Å². The first kappa shape index (κ1) is 13.6. The van der Waals surface area contributed by atoms with Gasteiger partial charge in [0.25, 0.3) is 0 Å². The van der Waals surface area contributed by atoms with E-state index in [1.165, 1.54) is 36.9 Å². The van der Waals surface area contributed by atoms with Crippen molar-refractivity contribution in [3.8, 4) is 0 Å². The topological polar surface area (TPSA) is 24.1 Å². The maximum absolute atomic E-state index is 3.62. The van der Waals surface area contributed by atoms with Gasteiger partial charge in [-0.3, -0.25) is 0 Å². The molecule has 2 atom stereocenters. The van der Waals surface area contributed by atoms with Crippen molar-refractivity contribution in [2.75, 3.05) is 6.54 Å². The van der Waals surface area contributed by atoms with Crippen LogP contribution in [-0.4, -0.2) is 18.6 Å². The molecule has 2 heteroatoms. The Morgan fingerprint density at radius 1 is 1.28 bits per heavy atom. The van der Waals surface area contributed by atoms with Gasteiger partial charge in [0, 0.05) is 18.6 Å². The third-order valence-corrected chi connectivity index (χ3v) is 3.89. The Bertz CT molecular complexity index is 339. The first-order valence-corrected chi connectivity index (χ1v) is 7.32. The van der Waals surface area contributed by atoms with E-state index in [1.54, 1.807) is 0 Å². The summed E-state index contributed by atoms with van der Waals surface area (Å²) in [6.45, 7) is 6.68. The van der Waals surface area contributed by atoms with Crippen LogP contribution in [0.15, 0.2) is 24.3 Å². The second-order valence-electron chi connectivity index (χ2n) is 5.48. The van der Waals surface area contributed by atoms with Crippen molar-refractivity contribution < 1.29 is 0 Å². The van der Waals surface area contributed by atoms with Crippen molar-refractivity contribution in [3.63, 3.8) is 0 Å². The van der Waals surface area contributed by atoms with Gasteiger partial charge in [0.05, 0.1) is 0 Å². The minimum Gasteiger partial charge on any atom is -0.314 e. The second kappa shape index (κ2) is 6.91. The van der Waals surface area contributed by atoms with Gasteiger partial charge in [-0.2, -0.15) is 0 Å². The molecule has 0 bridgehead atoms. The summed E-state index contributed by atoms with van der Waals surface area (Å²) in [5.41, 5.74) is 2.81. The van der Waals surface area contributed by atoms with Crippen LogP contribution in [-0.2, 0) is 13.0 Å². The lowest BCUT2D eigenvalue weighted by Gasteiger charge is -2.18. The smallest absolute Gasteiger partial charge is 0.0207 e. The standard InChI is InChI=1S/C16H26N2/c1-3-14-6-8-15(9-7-14)12-18-13(2)11-16-5-4-10-17-16/h6-9,13,16-18H,3-5,10-12H2,1-2H3. The van der Waals surface area contributed by atoms with Gasteiger partial charge in [0.2, 0.25) is 0 Å². The van der Waals surface area contributed by atoms with Crippen molar-refractivity contribution in [1.29, 1.82) is 0 Å². The minimum atomic E-state index is 0.589. The zero-order valence-corrected chi connectivity index (χ0v) is 11.7. The predicted molar refractivity (Wildman–Crippen MR) is 77.8 cm³/mol. The molecule has 0 radical (unpaired) electrons. The zero-order valence-electron chi connectivity index (χ0n) is 11.7. The van der Waals surface area contributed by atoms with Crippen LogP contribution < -0.4 is 10.6 Å². The Hall–Kier alpha value is -0.860. The summed E-state index contributed by atoms with van der Waals surface area (Å²) < 4.78 is 0. The molecule has 1 saturated heterocycles. The average Bonchev–Trinajstić information content (AvgIpc) is 2.90. The van der Waals surface area contributed by atoms with Gasteiger partial charge >= 0.3 is 0 Å². The number of hydrogen-bond acceptors (Lipinski definition) is 2. The van der Waals surface area contributed by atoms with Gasteiger partial charge in [0.15, 0.2) is 0 Å². The fraction of sp³-hybridized carbons (Fsp3) is 0.625. The van der Waals surface area contributed by atoms with Gasteiger partial charge in [-0.05, 0) is 50.3 Å². The molecule has 1 aromatic rings. The van der Waals surface area contributed by atoms with Crippen LogP contribution >= 0.6 is 0 Å². The maximum atomic E-state index is 3.62. The number of nitrogens with one attached hydrogen (secondary N) is 2. The Labute approximate surface area is 111 Å². The summed E-state index contributed by atoms with van der Waals surface area (Å²) >= 11 is 0. The monoisotopic (exact) mass is 246 g/mol. The normalized spacial score (nSPS) is 21.1. The highest BCUT2D eigenvalue weighted by molar-refractivity contribution is 5.22. The van der Waals surface area contributed by atoms with Gasteiger partial charge in [-0.15, -0.1) is 0 Å². The molecule has 0 aromatic heterocycles. The molecular formula is C16H26N2. The summed E-state index contributed by atoms with van der Waals surface area (Å²) in [6, 6.07) is 10.3. The van der Waals surface area contributed by atoms with E-state index in [2.05, 4.69) is 48.7 Å². The zero-order chi connectivity index (χ0) is 12.8.